The van der Waals surface area contributed by atoms with Gasteiger partial charge in [0, 0.05) is 19.1 Å². The Balaban J connectivity index is 2.10. The Labute approximate surface area is 127 Å². The summed E-state index contributed by atoms with van der Waals surface area (Å²) in [4.78, 5) is 0.357. The normalized spacial score (nSPS) is 18.6. The minimum Gasteiger partial charge on any atom is -0.379 e. The van der Waals surface area contributed by atoms with Gasteiger partial charge in [-0.2, -0.15) is 4.31 Å². The van der Waals surface area contributed by atoms with Gasteiger partial charge in [0.15, 0.2) is 0 Å². The average molecular weight is 312 g/mol. The first kappa shape index (κ1) is 16.4. The molecule has 21 heavy (non-hydrogen) atoms. The van der Waals surface area contributed by atoms with Gasteiger partial charge in [0.2, 0.25) is 10.0 Å². The zero-order chi connectivity index (χ0) is 15.3. The van der Waals surface area contributed by atoms with E-state index in [2.05, 4.69) is 19.2 Å². The molecule has 0 aliphatic carbocycles. The van der Waals surface area contributed by atoms with Gasteiger partial charge in [-0.25, -0.2) is 8.42 Å². The van der Waals surface area contributed by atoms with E-state index in [0.717, 1.165) is 18.5 Å². The molecule has 1 heterocycles. The van der Waals surface area contributed by atoms with Crippen LogP contribution in [0.4, 0.5) is 0 Å². The molecular formula is C15H24N2O3S. The van der Waals surface area contributed by atoms with E-state index in [-0.39, 0.29) is 6.04 Å². The summed E-state index contributed by atoms with van der Waals surface area (Å²) in [6.45, 7) is 6.95. The molecule has 1 aliphatic heterocycles. The fraction of sp³-hybridized carbons (Fsp3) is 0.600. The molecule has 5 nitrogen and oxygen atoms in total. The molecule has 2 rings (SSSR count). The van der Waals surface area contributed by atoms with Crippen LogP contribution >= 0.6 is 0 Å². The summed E-state index contributed by atoms with van der Waals surface area (Å²) in [6.07, 6.45) is 1.08. The second-order valence-corrected chi connectivity index (χ2v) is 7.20. The summed E-state index contributed by atoms with van der Waals surface area (Å²) in [7, 11) is -3.39. The molecule has 1 aromatic carbocycles. The maximum atomic E-state index is 12.5. The number of benzene rings is 1. The third-order valence-electron chi connectivity index (χ3n) is 3.69. The van der Waals surface area contributed by atoms with E-state index in [1.54, 1.807) is 12.1 Å². The lowest BCUT2D eigenvalue weighted by molar-refractivity contribution is 0.0730. The lowest BCUT2D eigenvalue weighted by Crippen LogP contribution is -2.40. The molecule has 0 aromatic heterocycles. The van der Waals surface area contributed by atoms with Crippen molar-refractivity contribution in [1.82, 2.24) is 9.62 Å². The molecule has 0 saturated carbocycles. The monoisotopic (exact) mass is 312 g/mol. The Kier molecular flexibility index (Phi) is 5.75. The first-order valence-corrected chi connectivity index (χ1v) is 8.91. The van der Waals surface area contributed by atoms with Crippen molar-refractivity contribution in [3.8, 4) is 0 Å². The summed E-state index contributed by atoms with van der Waals surface area (Å²) in [5, 5.41) is 3.39. The molecule has 0 spiro atoms. The van der Waals surface area contributed by atoms with Crippen LogP contribution in [0.5, 0.6) is 0 Å². The van der Waals surface area contributed by atoms with Gasteiger partial charge < -0.3 is 10.1 Å². The lowest BCUT2D eigenvalue weighted by atomic mass is 10.1. The SMILES string of the molecule is CCCNC(C)c1ccc(S(=O)(=O)N2CCOCC2)cc1. The maximum Gasteiger partial charge on any atom is 0.243 e. The summed E-state index contributed by atoms with van der Waals surface area (Å²) in [5.74, 6) is 0. The van der Waals surface area contributed by atoms with Crippen LogP contribution in [-0.4, -0.2) is 45.6 Å². The molecule has 0 bridgehead atoms. The Morgan fingerprint density at radius 3 is 2.43 bits per heavy atom. The van der Waals surface area contributed by atoms with Crippen LogP contribution in [0.2, 0.25) is 0 Å². The van der Waals surface area contributed by atoms with Crippen LogP contribution in [0.15, 0.2) is 29.2 Å². The highest BCUT2D eigenvalue weighted by Gasteiger charge is 2.26. The topological polar surface area (TPSA) is 58.6 Å². The second kappa shape index (κ2) is 7.35. The predicted octanol–water partition coefficient (Wildman–Crippen LogP) is 1.77. The zero-order valence-electron chi connectivity index (χ0n) is 12.7. The number of morpholine rings is 1. The van der Waals surface area contributed by atoms with Crippen LogP contribution in [0.3, 0.4) is 0 Å². The molecule has 1 unspecified atom stereocenters. The molecule has 6 heteroatoms. The number of hydrogen-bond donors (Lipinski definition) is 1. The summed E-state index contributed by atoms with van der Waals surface area (Å²) >= 11 is 0. The molecule has 1 atom stereocenters. The van der Waals surface area contributed by atoms with Crippen LogP contribution in [0.1, 0.15) is 31.9 Å². The molecule has 1 aromatic rings. The highest BCUT2D eigenvalue weighted by Crippen LogP contribution is 2.20. The zero-order valence-corrected chi connectivity index (χ0v) is 13.5. The molecule has 1 N–H and O–H groups in total. The quantitative estimate of drug-likeness (QED) is 0.870. The molecule has 118 valence electrons. The van der Waals surface area contributed by atoms with E-state index in [9.17, 15) is 8.42 Å². The summed E-state index contributed by atoms with van der Waals surface area (Å²) < 4.78 is 31.7. The van der Waals surface area contributed by atoms with Crippen LogP contribution in [0.25, 0.3) is 0 Å². The Morgan fingerprint density at radius 2 is 1.86 bits per heavy atom. The Bertz CT molecular complexity index is 537. The number of nitrogens with zero attached hydrogens (tertiary/aromatic N) is 1. The molecule has 1 aliphatic rings. The standard InChI is InChI=1S/C15H24N2O3S/c1-3-8-16-13(2)14-4-6-15(7-5-14)21(18,19)17-9-11-20-12-10-17/h4-7,13,16H,3,8-12H2,1-2H3. The van der Waals surface area contributed by atoms with Gasteiger partial charge >= 0.3 is 0 Å². The van der Waals surface area contributed by atoms with Gasteiger partial charge in [-0.15, -0.1) is 0 Å². The number of sulfonamides is 1. The largest absolute Gasteiger partial charge is 0.379 e. The number of hydrogen-bond acceptors (Lipinski definition) is 4. The van der Waals surface area contributed by atoms with Crippen molar-refractivity contribution in [2.75, 3.05) is 32.8 Å². The average Bonchev–Trinajstić information content (AvgIpc) is 2.53. The van der Waals surface area contributed by atoms with Gasteiger partial charge in [0.25, 0.3) is 0 Å². The fourth-order valence-electron chi connectivity index (χ4n) is 2.34. The van der Waals surface area contributed by atoms with E-state index in [1.165, 1.54) is 4.31 Å². The Hall–Kier alpha value is -0.950. The number of rotatable bonds is 6. The first-order valence-electron chi connectivity index (χ1n) is 7.47. The van der Waals surface area contributed by atoms with E-state index in [0.29, 0.717) is 31.2 Å². The minimum atomic E-state index is -3.39. The summed E-state index contributed by atoms with van der Waals surface area (Å²) in [5.41, 5.74) is 1.10. The van der Waals surface area contributed by atoms with E-state index in [1.807, 2.05) is 12.1 Å². The van der Waals surface area contributed by atoms with Gasteiger partial charge in [-0.05, 0) is 37.6 Å². The molecule has 0 radical (unpaired) electrons. The maximum absolute atomic E-state index is 12.5. The van der Waals surface area contributed by atoms with Crippen molar-refractivity contribution in [2.24, 2.45) is 0 Å². The van der Waals surface area contributed by atoms with Crippen molar-refractivity contribution in [3.05, 3.63) is 29.8 Å². The highest BCUT2D eigenvalue weighted by molar-refractivity contribution is 7.89. The Morgan fingerprint density at radius 1 is 1.24 bits per heavy atom. The van der Waals surface area contributed by atoms with Crippen molar-refractivity contribution in [1.29, 1.82) is 0 Å². The molecule has 1 saturated heterocycles. The van der Waals surface area contributed by atoms with Crippen molar-refractivity contribution in [3.63, 3.8) is 0 Å². The molecule has 0 amide bonds. The third-order valence-corrected chi connectivity index (χ3v) is 5.60. The van der Waals surface area contributed by atoms with Crippen LogP contribution < -0.4 is 5.32 Å². The fourth-order valence-corrected chi connectivity index (χ4v) is 3.75. The minimum absolute atomic E-state index is 0.227. The molecule has 1 fully saturated rings. The highest BCUT2D eigenvalue weighted by atomic mass is 32.2. The van der Waals surface area contributed by atoms with Crippen LogP contribution in [0, 0.1) is 0 Å². The first-order chi connectivity index (χ1) is 10.1. The van der Waals surface area contributed by atoms with Gasteiger partial charge in [-0.3, -0.25) is 0 Å². The smallest absolute Gasteiger partial charge is 0.243 e. The van der Waals surface area contributed by atoms with Crippen molar-refractivity contribution in [2.45, 2.75) is 31.2 Å². The van der Waals surface area contributed by atoms with Gasteiger partial charge in [0.05, 0.1) is 18.1 Å². The summed E-state index contributed by atoms with van der Waals surface area (Å²) in [6, 6.07) is 7.40. The van der Waals surface area contributed by atoms with Gasteiger partial charge in [-0.1, -0.05) is 19.1 Å². The van der Waals surface area contributed by atoms with Crippen molar-refractivity contribution < 1.29 is 13.2 Å². The van der Waals surface area contributed by atoms with Gasteiger partial charge in [0.1, 0.15) is 0 Å². The number of nitrogens with one attached hydrogen (secondary N) is 1. The lowest BCUT2D eigenvalue weighted by Gasteiger charge is -2.26. The van der Waals surface area contributed by atoms with E-state index >= 15 is 0 Å². The number of ether oxygens (including phenoxy) is 1. The molecular weight excluding hydrogens is 288 g/mol. The predicted molar refractivity (Wildman–Crippen MR) is 82.7 cm³/mol. The van der Waals surface area contributed by atoms with E-state index < -0.39 is 10.0 Å². The van der Waals surface area contributed by atoms with E-state index in [4.69, 9.17) is 4.74 Å². The van der Waals surface area contributed by atoms with Crippen molar-refractivity contribution >= 4 is 10.0 Å². The second-order valence-electron chi connectivity index (χ2n) is 5.26. The van der Waals surface area contributed by atoms with Crippen LogP contribution in [-0.2, 0) is 14.8 Å². The third kappa shape index (κ3) is 4.03.